The Morgan fingerprint density at radius 1 is 0.839 bits per heavy atom. The van der Waals surface area contributed by atoms with Crippen LogP contribution in [-0.2, 0) is 6.42 Å². The van der Waals surface area contributed by atoms with Gasteiger partial charge in [0.25, 0.3) is 0 Å². The van der Waals surface area contributed by atoms with Gasteiger partial charge in [-0.1, -0.05) is 42.5 Å². The van der Waals surface area contributed by atoms with Crippen molar-refractivity contribution >= 4 is 27.9 Å². The number of aromatic amines is 2. The van der Waals surface area contributed by atoms with Gasteiger partial charge in [0.15, 0.2) is 0 Å². The summed E-state index contributed by atoms with van der Waals surface area (Å²) in [6.45, 7) is 0. The largest absolute Gasteiger partial charge is 0.384 e. The molecular formula is C25H24N6. The first-order valence-electron chi connectivity index (χ1n) is 10.5. The molecule has 2 aromatic heterocycles. The number of aryl methyl sites for hydroxylation is 1. The number of imidazole rings is 2. The van der Waals surface area contributed by atoms with Gasteiger partial charge in [-0.05, 0) is 55.2 Å². The van der Waals surface area contributed by atoms with E-state index in [9.17, 15) is 0 Å². The van der Waals surface area contributed by atoms with Crippen LogP contribution in [0.2, 0.25) is 0 Å². The third-order valence-corrected chi connectivity index (χ3v) is 5.68. The predicted molar refractivity (Wildman–Crippen MR) is 124 cm³/mol. The molecule has 154 valence electrons. The van der Waals surface area contributed by atoms with Crippen molar-refractivity contribution in [2.75, 3.05) is 0 Å². The summed E-state index contributed by atoms with van der Waals surface area (Å²) in [7, 11) is 0. The normalized spacial score (nSPS) is 12.4. The number of fused-ring (bicyclic) bond motifs is 2. The first-order valence-corrected chi connectivity index (χ1v) is 10.5. The number of aromatic nitrogens is 4. The number of hydrogen-bond acceptors (Lipinski definition) is 3. The maximum Gasteiger partial charge on any atom is 0.122 e. The van der Waals surface area contributed by atoms with Crippen LogP contribution in [0.1, 0.15) is 41.5 Å². The van der Waals surface area contributed by atoms with Crippen molar-refractivity contribution in [3.05, 3.63) is 95.6 Å². The molecule has 5 aromatic rings. The zero-order valence-corrected chi connectivity index (χ0v) is 17.1. The van der Waals surface area contributed by atoms with Crippen molar-refractivity contribution < 1.29 is 0 Å². The van der Waals surface area contributed by atoms with Crippen molar-refractivity contribution in [3.8, 4) is 0 Å². The highest BCUT2D eigenvalue weighted by Gasteiger charge is 2.22. The second-order valence-corrected chi connectivity index (χ2v) is 7.84. The molecule has 0 fully saturated rings. The Hall–Kier alpha value is -3.93. The summed E-state index contributed by atoms with van der Waals surface area (Å²) in [5, 5.41) is 7.70. The van der Waals surface area contributed by atoms with Crippen LogP contribution in [0.5, 0.6) is 0 Å². The quantitative estimate of drug-likeness (QED) is 0.228. The minimum atomic E-state index is 0.0179. The number of nitrogens with one attached hydrogen (secondary N) is 3. The second-order valence-electron chi connectivity index (χ2n) is 7.84. The molecule has 0 amide bonds. The van der Waals surface area contributed by atoms with Crippen LogP contribution in [0.25, 0.3) is 22.1 Å². The summed E-state index contributed by atoms with van der Waals surface area (Å²) in [5.74, 6) is 1.86. The summed E-state index contributed by atoms with van der Waals surface area (Å²) in [6, 6.07) is 24.3. The van der Waals surface area contributed by atoms with Crippen LogP contribution in [0.15, 0.2) is 72.8 Å². The molecule has 0 aliphatic rings. The zero-order chi connectivity index (χ0) is 21.2. The molecule has 5 rings (SSSR count). The van der Waals surface area contributed by atoms with E-state index < -0.39 is 0 Å². The van der Waals surface area contributed by atoms with E-state index in [0.29, 0.717) is 5.56 Å². The molecule has 0 radical (unpaired) electrons. The molecule has 1 atom stereocenters. The van der Waals surface area contributed by atoms with Gasteiger partial charge in [-0.25, -0.2) is 9.97 Å². The molecule has 3 aromatic carbocycles. The topological polar surface area (TPSA) is 107 Å². The number of H-pyrrole nitrogens is 2. The average Bonchev–Trinajstić information content (AvgIpc) is 3.40. The molecule has 1 unspecified atom stereocenters. The van der Waals surface area contributed by atoms with Crippen LogP contribution in [0.4, 0.5) is 0 Å². The van der Waals surface area contributed by atoms with Gasteiger partial charge in [0.1, 0.15) is 17.5 Å². The molecule has 6 nitrogen and oxygen atoms in total. The van der Waals surface area contributed by atoms with E-state index in [0.717, 1.165) is 53.0 Å². The van der Waals surface area contributed by atoms with E-state index in [-0.39, 0.29) is 11.8 Å². The van der Waals surface area contributed by atoms with Gasteiger partial charge in [-0.3, -0.25) is 5.41 Å². The second kappa shape index (κ2) is 8.07. The van der Waals surface area contributed by atoms with E-state index in [1.54, 1.807) is 0 Å². The SMILES string of the molecule is N=C(N)c1ccc2nc(C(CCCc3ccccc3)c3nc4ccccc4[nH]3)[nH]c2c1. The fourth-order valence-corrected chi connectivity index (χ4v) is 4.06. The van der Waals surface area contributed by atoms with Gasteiger partial charge < -0.3 is 15.7 Å². The maximum absolute atomic E-state index is 7.70. The van der Waals surface area contributed by atoms with E-state index in [1.807, 2.05) is 48.5 Å². The highest BCUT2D eigenvalue weighted by Crippen LogP contribution is 2.29. The lowest BCUT2D eigenvalue weighted by Crippen LogP contribution is -2.10. The van der Waals surface area contributed by atoms with E-state index in [1.165, 1.54) is 5.56 Å². The molecule has 31 heavy (non-hydrogen) atoms. The van der Waals surface area contributed by atoms with Crippen molar-refractivity contribution in [2.24, 2.45) is 5.73 Å². The van der Waals surface area contributed by atoms with Crippen LogP contribution in [0.3, 0.4) is 0 Å². The van der Waals surface area contributed by atoms with Gasteiger partial charge in [-0.2, -0.15) is 0 Å². The average molecular weight is 409 g/mol. The number of nitrogens with zero attached hydrogens (tertiary/aromatic N) is 2. The molecule has 0 bridgehead atoms. The van der Waals surface area contributed by atoms with Gasteiger partial charge in [-0.15, -0.1) is 0 Å². The summed E-state index contributed by atoms with van der Waals surface area (Å²) in [6.07, 6.45) is 2.93. The fourth-order valence-electron chi connectivity index (χ4n) is 4.06. The number of para-hydroxylation sites is 2. The molecule has 2 heterocycles. The minimum absolute atomic E-state index is 0.0179. The van der Waals surface area contributed by atoms with Crippen LogP contribution < -0.4 is 5.73 Å². The van der Waals surface area contributed by atoms with Gasteiger partial charge in [0, 0.05) is 5.56 Å². The molecule has 0 saturated carbocycles. The Kier molecular flexibility index (Phi) is 4.96. The Labute approximate surface area is 180 Å². The van der Waals surface area contributed by atoms with E-state index in [2.05, 4.69) is 34.2 Å². The molecule has 6 heteroatoms. The van der Waals surface area contributed by atoms with Gasteiger partial charge in [0.05, 0.1) is 28.0 Å². The maximum atomic E-state index is 7.70. The van der Waals surface area contributed by atoms with Crippen molar-refractivity contribution in [2.45, 2.75) is 25.2 Å². The summed E-state index contributed by atoms with van der Waals surface area (Å²) in [4.78, 5) is 16.7. The first-order chi connectivity index (χ1) is 15.2. The zero-order valence-electron chi connectivity index (χ0n) is 17.1. The number of hydrogen-bond donors (Lipinski definition) is 4. The number of amidine groups is 1. The Balaban J connectivity index is 1.49. The third-order valence-electron chi connectivity index (χ3n) is 5.68. The first kappa shape index (κ1) is 19.1. The molecule has 5 N–H and O–H groups in total. The van der Waals surface area contributed by atoms with Gasteiger partial charge >= 0.3 is 0 Å². The molecular weight excluding hydrogens is 384 g/mol. The lowest BCUT2D eigenvalue weighted by Gasteiger charge is -2.12. The number of rotatable bonds is 7. The third kappa shape index (κ3) is 3.92. The number of benzene rings is 3. The highest BCUT2D eigenvalue weighted by molar-refractivity contribution is 5.97. The number of nitrogen functional groups attached to an aromatic ring is 1. The number of nitrogens with two attached hydrogens (primary N) is 1. The monoisotopic (exact) mass is 408 g/mol. The predicted octanol–water partition coefficient (Wildman–Crippen LogP) is 4.88. The van der Waals surface area contributed by atoms with Crippen molar-refractivity contribution in [1.29, 1.82) is 5.41 Å². The van der Waals surface area contributed by atoms with Crippen LogP contribution >= 0.6 is 0 Å². The highest BCUT2D eigenvalue weighted by atomic mass is 15.0. The van der Waals surface area contributed by atoms with E-state index in [4.69, 9.17) is 21.1 Å². The molecule has 0 spiro atoms. The van der Waals surface area contributed by atoms with Crippen LogP contribution in [-0.4, -0.2) is 25.8 Å². The minimum Gasteiger partial charge on any atom is -0.384 e. The standard InChI is InChI=1S/C25H24N6/c26-23(27)17-13-14-21-22(15-17)31-25(30-21)18(10-6-9-16-7-2-1-3-8-16)24-28-19-11-4-5-12-20(19)29-24/h1-5,7-8,11-15,18H,6,9-10H2,(H3,26,27)(H,28,29)(H,30,31). The fraction of sp³-hybridized carbons (Fsp3) is 0.160. The Bertz CT molecular complexity index is 1320. The summed E-state index contributed by atoms with van der Waals surface area (Å²) in [5.41, 5.74) is 11.4. The Morgan fingerprint density at radius 2 is 1.52 bits per heavy atom. The summed E-state index contributed by atoms with van der Waals surface area (Å²) >= 11 is 0. The molecule has 0 aliphatic carbocycles. The van der Waals surface area contributed by atoms with Crippen LogP contribution in [0, 0.1) is 5.41 Å². The van der Waals surface area contributed by atoms with Gasteiger partial charge in [0.2, 0.25) is 0 Å². The smallest absolute Gasteiger partial charge is 0.122 e. The molecule has 0 aliphatic heterocycles. The molecule has 0 saturated heterocycles. The lowest BCUT2D eigenvalue weighted by atomic mass is 9.98. The van der Waals surface area contributed by atoms with Crippen molar-refractivity contribution in [1.82, 2.24) is 19.9 Å². The summed E-state index contributed by atoms with van der Waals surface area (Å²) < 4.78 is 0. The Morgan fingerprint density at radius 3 is 2.26 bits per heavy atom. The lowest BCUT2D eigenvalue weighted by molar-refractivity contribution is 0.616. The van der Waals surface area contributed by atoms with E-state index >= 15 is 0 Å². The van der Waals surface area contributed by atoms with Crippen molar-refractivity contribution in [3.63, 3.8) is 0 Å².